The smallest absolute Gasteiger partial charge is 0.274 e. The quantitative estimate of drug-likeness (QED) is 0.642. The second-order valence-corrected chi connectivity index (χ2v) is 3.97. The van der Waals surface area contributed by atoms with Gasteiger partial charge in [0.1, 0.15) is 0 Å². The summed E-state index contributed by atoms with van der Waals surface area (Å²) in [6.45, 7) is 1.28. The topological polar surface area (TPSA) is 86.0 Å². The Morgan fingerprint density at radius 1 is 1.15 bits per heavy atom. The van der Waals surface area contributed by atoms with E-state index in [9.17, 15) is 8.78 Å². The lowest BCUT2D eigenvalue weighted by Crippen LogP contribution is -2.21. The number of nitrogen functional groups attached to an aromatic ring is 1. The molecule has 0 fully saturated rings. The van der Waals surface area contributed by atoms with Crippen molar-refractivity contribution in [1.82, 2.24) is 15.0 Å². The van der Waals surface area contributed by atoms with Gasteiger partial charge in [0.25, 0.3) is 6.43 Å². The summed E-state index contributed by atoms with van der Waals surface area (Å²) in [6.07, 6.45) is 0.710. The first-order chi connectivity index (χ1) is 9.60. The standard InChI is InChI=1S/C12H13F2N5O/c1-7(12(13)14)20-11-3-2-8(4-18-11)9-5-17-10(19-15)6-16-9/h2-7,12H,15H2,1H3,(H,17,19). The fourth-order valence-corrected chi connectivity index (χ4v) is 1.40. The molecule has 0 aliphatic carbocycles. The Bertz CT molecular complexity index is 547. The molecule has 0 aromatic carbocycles. The fraction of sp³-hybridized carbons (Fsp3) is 0.250. The van der Waals surface area contributed by atoms with Gasteiger partial charge in [-0.2, -0.15) is 0 Å². The lowest BCUT2D eigenvalue weighted by molar-refractivity contribution is 0.0201. The second-order valence-electron chi connectivity index (χ2n) is 3.97. The van der Waals surface area contributed by atoms with Crippen LogP contribution in [0.5, 0.6) is 5.88 Å². The van der Waals surface area contributed by atoms with E-state index in [-0.39, 0.29) is 5.88 Å². The van der Waals surface area contributed by atoms with E-state index in [0.717, 1.165) is 0 Å². The van der Waals surface area contributed by atoms with Crippen molar-refractivity contribution in [3.63, 3.8) is 0 Å². The third-order valence-corrected chi connectivity index (χ3v) is 2.49. The van der Waals surface area contributed by atoms with Crippen LogP contribution >= 0.6 is 0 Å². The van der Waals surface area contributed by atoms with Crippen LogP contribution in [0.3, 0.4) is 0 Å². The van der Waals surface area contributed by atoms with Crippen molar-refractivity contribution in [3.8, 4) is 17.1 Å². The van der Waals surface area contributed by atoms with E-state index in [0.29, 0.717) is 17.1 Å². The van der Waals surface area contributed by atoms with Crippen molar-refractivity contribution in [2.45, 2.75) is 19.5 Å². The number of pyridine rings is 1. The number of ether oxygens (including phenoxy) is 1. The zero-order valence-corrected chi connectivity index (χ0v) is 10.6. The molecule has 0 spiro atoms. The number of anilines is 1. The molecule has 0 bridgehead atoms. The lowest BCUT2D eigenvalue weighted by atomic mass is 10.2. The van der Waals surface area contributed by atoms with E-state index in [4.69, 9.17) is 10.6 Å². The zero-order chi connectivity index (χ0) is 14.5. The molecular formula is C12H13F2N5O. The predicted molar refractivity (Wildman–Crippen MR) is 69.2 cm³/mol. The van der Waals surface area contributed by atoms with Crippen LogP contribution in [0.4, 0.5) is 14.6 Å². The number of hydrogen-bond acceptors (Lipinski definition) is 6. The fourth-order valence-electron chi connectivity index (χ4n) is 1.40. The summed E-state index contributed by atoms with van der Waals surface area (Å²) in [6, 6.07) is 3.17. The first-order valence-corrected chi connectivity index (χ1v) is 5.80. The van der Waals surface area contributed by atoms with E-state index >= 15 is 0 Å². The summed E-state index contributed by atoms with van der Waals surface area (Å²) in [4.78, 5) is 12.1. The van der Waals surface area contributed by atoms with Crippen molar-refractivity contribution in [3.05, 3.63) is 30.7 Å². The van der Waals surface area contributed by atoms with Crippen LogP contribution in [0.2, 0.25) is 0 Å². The summed E-state index contributed by atoms with van der Waals surface area (Å²) in [5, 5.41) is 0. The van der Waals surface area contributed by atoms with E-state index in [1.807, 2.05) is 0 Å². The Labute approximate surface area is 114 Å². The Kier molecular flexibility index (Phi) is 4.36. The zero-order valence-electron chi connectivity index (χ0n) is 10.6. The third-order valence-electron chi connectivity index (χ3n) is 2.49. The van der Waals surface area contributed by atoms with Crippen molar-refractivity contribution in [2.24, 2.45) is 5.84 Å². The molecule has 2 aromatic heterocycles. The molecular weight excluding hydrogens is 268 g/mol. The van der Waals surface area contributed by atoms with Gasteiger partial charge in [0, 0.05) is 17.8 Å². The van der Waals surface area contributed by atoms with Crippen molar-refractivity contribution >= 4 is 5.82 Å². The number of hydrazine groups is 1. The first-order valence-electron chi connectivity index (χ1n) is 5.80. The maximum atomic E-state index is 12.3. The van der Waals surface area contributed by atoms with Crippen LogP contribution in [0.15, 0.2) is 30.7 Å². The number of halogens is 2. The minimum absolute atomic E-state index is 0.134. The highest BCUT2D eigenvalue weighted by molar-refractivity contribution is 5.57. The number of nitrogens with two attached hydrogens (primary N) is 1. The second kappa shape index (κ2) is 6.20. The van der Waals surface area contributed by atoms with Gasteiger partial charge >= 0.3 is 0 Å². The minimum atomic E-state index is -2.56. The Morgan fingerprint density at radius 2 is 1.95 bits per heavy atom. The number of alkyl halides is 2. The molecule has 6 nitrogen and oxygen atoms in total. The van der Waals surface area contributed by atoms with Crippen LogP contribution < -0.4 is 16.0 Å². The molecule has 0 saturated carbocycles. The highest BCUT2D eigenvalue weighted by Gasteiger charge is 2.16. The molecule has 3 N–H and O–H groups in total. The lowest BCUT2D eigenvalue weighted by Gasteiger charge is -2.12. The average Bonchev–Trinajstić information content (AvgIpc) is 2.48. The van der Waals surface area contributed by atoms with E-state index in [1.54, 1.807) is 6.07 Å². The average molecular weight is 281 g/mol. The minimum Gasteiger partial charge on any atom is -0.469 e. The highest BCUT2D eigenvalue weighted by Crippen LogP contribution is 2.19. The Morgan fingerprint density at radius 3 is 2.45 bits per heavy atom. The van der Waals surface area contributed by atoms with Crippen molar-refractivity contribution < 1.29 is 13.5 Å². The molecule has 1 atom stereocenters. The number of nitrogens with one attached hydrogen (secondary N) is 1. The van der Waals surface area contributed by atoms with Gasteiger partial charge in [-0.25, -0.2) is 24.6 Å². The van der Waals surface area contributed by atoms with Gasteiger partial charge < -0.3 is 10.2 Å². The third kappa shape index (κ3) is 3.35. The summed E-state index contributed by atoms with van der Waals surface area (Å²) < 4.78 is 29.7. The molecule has 2 rings (SSSR count). The van der Waals surface area contributed by atoms with Crippen LogP contribution in [-0.2, 0) is 0 Å². The van der Waals surface area contributed by atoms with Crippen LogP contribution in [0.25, 0.3) is 11.3 Å². The van der Waals surface area contributed by atoms with Gasteiger partial charge in [0.2, 0.25) is 5.88 Å². The molecule has 8 heteroatoms. The van der Waals surface area contributed by atoms with Gasteiger partial charge in [-0.1, -0.05) is 0 Å². The number of nitrogens with zero attached hydrogens (tertiary/aromatic N) is 3. The maximum absolute atomic E-state index is 12.3. The van der Waals surface area contributed by atoms with Gasteiger partial charge in [0.05, 0.1) is 18.1 Å². The van der Waals surface area contributed by atoms with Crippen molar-refractivity contribution in [2.75, 3.05) is 5.43 Å². The van der Waals surface area contributed by atoms with Gasteiger partial charge in [-0.15, -0.1) is 0 Å². The van der Waals surface area contributed by atoms with Crippen LogP contribution in [-0.4, -0.2) is 27.5 Å². The van der Waals surface area contributed by atoms with Crippen LogP contribution in [0, 0.1) is 0 Å². The molecule has 2 heterocycles. The summed E-state index contributed by atoms with van der Waals surface area (Å²) >= 11 is 0. The Balaban J connectivity index is 2.10. The first kappa shape index (κ1) is 14.1. The number of hydrogen-bond donors (Lipinski definition) is 2. The van der Waals surface area contributed by atoms with Gasteiger partial charge in [-0.05, 0) is 13.0 Å². The molecule has 2 aromatic rings. The molecule has 0 radical (unpaired) electrons. The summed E-state index contributed by atoms with van der Waals surface area (Å²) in [7, 11) is 0. The molecule has 0 amide bonds. The van der Waals surface area contributed by atoms with Crippen molar-refractivity contribution in [1.29, 1.82) is 0 Å². The van der Waals surface area contributed by atoms with Crippen LogP contribution in [0.1, 0.15) is 6.92 Å². The SMILES string of the molecule is CC(Oc1ccc(-c2cnc(NN)cn2)cn1)C(F)F. The Hall–Kier alpha value is -2.35. The predicted octanol–water partition coefficient (Wildman–Crippen LogP) is 1.86. The maximum Gasteiger partial charge on any atom is 0.274 e. The van der Waals surface area contributed by atoms with E-state index in [1.165, 1.54) is 31.6 Å². The molecule has 0 aliphatic heterocycles. The highest BCUT2D eigenvalue weighted by atomic mass is 19.3. The van der Waals surface area contributed by atoms with E-state index in [2.05, 4.69) is 20.4 Å². The summed E-state index contributed by atoms with van der Waals surface area (Å²) in [5.74, 6) is 5.76. The monoisotopic (exact) mass is 281 g/mol. The molecule has 0 saturated heterocycles. The summed E-state index contributed by atoms with van der Waals surface area (Å²) in [5.41, 5.74) is 3.65. The molecule has 0 aliphatic rings. The van der Waals surface area contributed by atoms with E-state index < -0.39 is 12.5 Å². The number of aromatic nitrogens is 3. The molecule has 1 unspecified atom stereocenters. The molecule has 106 valence electrons. The van der Waals surface area contributed by atoms with Gasteiger partial charge in [0.15, 0.2) is 11.9 Å². The van der Waals surface area contributed by atoms with Gasteiger partial charge in [-0.3, -0.25) is 4.98 Å². The normalized spacial score (nSPS) is 12.2. The molecule has 20 heavy (non-hydrogen) atoms. The number of rotatable bonds is 5. The largest absolute Gasteiger partial charge is 0.469 e.